The summed E-state index contributed by atoms with van der Waals surface area (Å²) in [5.41, 5.74) is 7.13. The minimum absolute atomic E-state index is 0.223. The number of carboxylic acids is 1. The van der Waals surface area contributed by atoms with Crippen LogP contribution in [0.5, 0.6) is 5.75 Å². The van der Waals surface area contributed by atoms with Gasteiger partial charge in [-0.25, -0.2) is 0 Å². The molecule has 6 heteroatoms. The highest BCUT2D eigenvalue weighted by Gasteiger charge is 2.21. The van der Waals surface area contributed by atoms with Crippen LogP contribution in [0.15, 0.2) is 18.2 Å². The molecule has 3 N–H and O–H groups in total. The molecule has 6 nitrogen and oxygen atoms in total. The topological polar surface area (TPSA) is 92.9 Å². The molecule has 0 radical (unpaired) electrons. The highest BCUT2D eigenvalue weighted by Crippen LogP contribution is 2.29. The number of nitrogens with two attached hydrogens (primary N) is 1. The number of aliphatic carboxylic acids is 1. The molecule has 1 atom stereocenters. The van der Waals surface area contributed by atoms with E-state index in [0.29, 0.717) is 12.3 Å². The number of nitrogens with zero attached hydrogens (tertiary/aromatic N) is 1. The molecule has 1 unspecified atom stereocenters. The molecule has 1 aliphatic heterocycles. The molecular formula is C13H16N2O4. The lowest BCUT2D eigenvalue weighted by Gasteiger charge is -2.19. The van der Waals surface area contributed by atoms with E-state index >= 15 is 0 Å². The summed E-state index contributed by atoms with van der Waals surface area (Å²) in [6, 6.07) is 4.30. The Hall–Kier alpha value is -2.08. The normalized spacial score (nSPS) is 14.4. The number of anilines is 1. The van der Waals surface area contributed by atoms with E-state index in [9.17, 15) is 9.59 Å². The van der Waals surface area contributed by atoms with Crippen LogP contribution in [0.3, 0.4) is 0 Å². The molecule has 0 saturated carbocycles. The van der Waals surface area contributed by atoms with Crippen LogP contribution >= 0.6 is 0 Å². The fourth-order valence-corrected chi connectivity index (χ4v) is 1.94. The standard InChI is InChI=1S/C13H16N2O4/c1-15(12(16)7-10(14)13(17)18)9-2-3-11-8(6-9)4-5-19-11/h2-3,6,10H,4-5,7,14H2,1H3,(H,17,18). The van der Waals surface area contributed by atoms with Crippen LogP contribution < -0.4 is 15.4 Å². The van der Waals surface area contributed by atoms with Crippen molar-refractivity contribution in [2.24, 2.45) is 5.73 Å². The number of carboxylic acid groups (broad SMARTS) is 1. The van der Waals surface area contributed by atoms with Gasteiger partial charge in [0, 0.05) is 19.2 Å². The first-order valence-electron chi connectivity index (χ1n) is 5.99. The average molecular weight is 264 g/mol. The second-order valence-corrected chi connectivity index (χ2v) is 4.49. The summed E-state index contributed by atoms with van der Waals surface area (Å²) in [4.78, 5) is 24.0. The highest BCUT2D eigenvalue weighted by molar-refractivity contribution is 5.95. The molecule has 1 heterocycles. The van der Waals surface area contributed by atoms with Crippen LogP contribution in [-0.4, -0.2) is 36.7 Å². The van der Waals surface area contributed by atoms with Crippen LogP contribution in [0.25, 0.3) is 0 Å². The maximum Gasteiger partial charge on any atom is 0.321 e. The van der Waals surface area contributed by atoms with Crippen molar-refractivity contribution in [1.29, 1.82) is 0 Å². The van der Waals surface area contributed by atoms with Gasteiger partial charge in [0.2, 0.25) is 5.91 Å². The molecular weight excluding hydrogens is 248 g/mol. The van der Waals surface area contributed by atoms with Gasteiger partial charge in [-0.2, -0.15) is 0 Å². The maximum absolute atomic E-state index is 11.9. The van der Waals surface area contributed by atoms with Gasteiger partial charge in [-0.1, -0.05) is 0 Å². The first-order valence-corrected chi connectivity index (χ1v) is 5.99. The van der Waals surface area contributed by atoms with Crippen molar-refractivity contribution in [2.75, 3.05) is 18.6 Å². The Balaban J connectivity index is 2.09. The highest BCUT2D eigenvalue weighted by atomic mass is 16.5. The van der Waals surface area contributed by atoms with Gasteiger partial charge in [-0.05, 0) is 23.8 Å². The lowest BCUT2D eigenvalue weighted by atomic mass is 10.1. The van der Waals surface area contributed by atoms with Crippen molar-refractivity contribution in [3.8, 4) is 5.75 Å². The predicted molar refractivity (Wildman–Crippen MR) is 69.3 cm³/mol. The first-order chi connectivity index (χ1) is 8.99. The molecule has 0 aromatic heterocycles. The van der Waals surface area contributed by atoms with Crippen molar-refractivity contribution in [3.05, 3.63) is 23.8 Å². The molecule has 102 valence electrons. The monoisotopic (exact) mass is 264 g/mol. The molecule has 0 saturated heterocycles. The third kappa shape index (κ3) is 2.85. The molecule has 19 heavy (non-hydrogen) atoms. The molecule has 1 aromatic carbocycles. The minimum atomic E-state index is -1.18. The number of rotatable bonds is 4. The smallest absolute Gasteiger partial charge is 0.321 e. The lowest BCUT2D eigenvalue weighted by Crippen LogP contribution is -2.37. The third-order valence-electron chi connectivity index (χ3n) is 3.15. The zero-order valence-corrected chi connectivity index (χ0v) is 10.6. The van der Waals surface area contributed by atoms with E-state index in [4.69, 9.17) is 15.6 Å². The van der Waals surface area contributed by atoms with E-state index < -0.39 is 12.0 Å². The minimum Gasteiger partial charge on any atom is -0.493 e. The van der Waals surface area contributed by atoms with E-state index in [1.165, 1.54) is 4.90 Å². The summed E-state index contributed by atoms with van der Waals surface area (Å²) in [6.07, 6.45) is 0.596. The number of benzene rings is 1. The van der Waals surface area contributed by atoms with Crippen LogP contribution in [0.4, 0.5) is 5.69 Å². The Morgan fingerprint density at radius 1 is 1.53 bits per heavy atom. The molecule has 1 aliphatic rings. The van der Waals surface area contributed by atoms with Gasteiger partial charge in [0.1, 0.15) is 11.8 Å². The van der Waals surface area contributed by atoms with E-state index in [1.807, 2.05) is 12.1 Å². The molecule has 0 aliphatic carbocycles. The zero-order valence-electron chi connectivity index (χ0n) is 10.6. The Kier molecular flexibility index (Phi) is 3.71. The van der Waals surface area contributed by atoms with Crippen molar-refractivity contribution in [3.63, 3.8) is 0 Å². The van der Waals surface area contributed by atoms with Crippen molar-refractivity contribution in [2.45, 2.75) is 18.9 Å². The second kappa shape index (κ2) is 5.27. The predicted octanol–water partition coefficient (Wildman–Crippen LogP) is 0.386. The number of hydrogen-bond acceptors (Lipinski definition) is 4. The number of carbonyl (C=O) groups excluding carboxylic acids is 1. The van der Waals surface area contributed by atoms with Crippen molar-refractivity contribution in [1.82, 2.24) is 0 Å². The molecule has 1 amide bonds. The number of ether oxygens (including phenoxy) is 1. The van der Waals surface area contributed by atoms with E-state index in [0.717, 1.165) is 17.7 Å². The maximum atomic E-state index is 11.9. The van der Waals surface area contributed by atoms with Crippen molar-refractivity contribution >= 4 is 17.6 Å². The Morgan fingerprint density at radius 2 is 2.26 bits per heavy atom. The van der Waals surface area contributed by atoms with E-state index in [2.05, 4.69) is 0 Å². The fraction of sp³-hybridized carbons (Fsp3) is 0.385. The van der Waals surface area contributed by atoms with Gasteiger partial charge in [-0.3, -0.25) is 9.59 Å². The molecule has 2 rings (SSSR count). The quantitative estimate of drug-likeness (QED) is 0.820. The molecule has 0 spiro atoms. The van der Waals surface area contributed by atoms with Crippen LogP contribution in [0, 0.1) is 0 Å². The second-order valence-electron chi connectivity index (χ2n) is 4.49. The summed E-state index contributed by atoms with van der Waals surface area (Å²) < 4.78 is 5.39. The first kappa shape index (κ1) is 13.4. The summed E-state index contributed by atoms with van der Waals surface area (Å²) in [5, 5.41) is 8.70. The number of hydrogen-bond donors (Lipinski definition) is 2. The van der Waals surface area contributed by atoms with Gasteiger partial charge in [0.15, 0.2) is 0 Å². The third-order valence-corrected chi connectivity index (χ3v) is 3.15. The van der Waals surface area contributed by atoms with Crippen molar-refractivity contribution < 1.29 is 19.4 Å². The Labute approximate surface area is 110 Å². The fourth-order valence-electron chi connectivity index (χ4n) is 1.94. The molecule has 1 aromatic rings. The summed E-state index contributed by atoms with van der Waals surface area (Å²) >= 11 is 0. The summed E-state index contributed by atoms with van der Waals surface area (Å²) in [7, 11) is 1.61. The zero-order chi connectivity index (χ0) is 14.0. The lowest BCUT2D eigenvalue weighted by molar-refractivity contribution is -0.140. The van der Waals surface area contributed by atoms with E-state index in [1.54, 1.807) is 13.1 Å². The van der Waals surface area contributed by atoms with Gasteiger partial charge < -0.3 is 20.5 Å². The summed E-state index contributed by atoms with van der Waals surface area (Å²) in [5.74, 6) is -0.662. The van der Waals surface area contributed by atoms with Gasteiger partial charge in [-0.15, -0.1) is 0 Å². The van der Waals surface area contributed by atoms with Gasteiger partial charge >= 0.3 is 5.97 Å². The van der Waals surface area contributed by atoms with Gasteiger partial charge in [0.05, 0.1) is 13.0 Å². The van der Waals surface area contributed by atoms with Gasteiger partial charge in [0.25, 0.3) is 0 Å². The molecule has 0 bridgehead atoms. The number of fused-ring (bicyclic) bond motifs is 1. The number of carbonyl (C=O) groups is 2. The van der Waals surface area contributed by atoms with Crippen LogP contribution in [-0.2, 0) is 16.0 Å². The van der Waals surface area contributed by atoms with E-state index in [-0.39, 0.29) is 12.3 Å². The largest absolute Gasteiger partial charge is 0.493 e. The number of amides is 1. The molecule has 0 fully saturated rings. The van der Waals surface area contributed by atoms with Crippen LogP contribution in [0.1, 0.15) is 12.0 Å². The SMILES string of the molecule is CN(C(=O)CC(N)C(=O)O)c1ccc2c(c1)CCO2. The Morgan fingerprint density at radius 3 is 2.95 bits per heavy atom. The summed E-state index contributed by atoms with van der Waals surface area (Å²) in [6.45, 7) is 0.653. The van der Waals surface area contributed by atoms with Crippen LogP contribution in [0.2, 0.25) is 0 Å². The Bertz CT molecular complexity index is 515. The average Bonchev–Trinajstić information content (AvgIpc) is 2.84.